The minimum atomic E-state index is -1.98. The fourth-order valence-electron chi connectivity index (χ4n) is 5.24. The van der Waals surface area contributed by atoms with Gasteiger partial charge < -0.3 is 24.8 Å². The standard InChI is InChI=1S/C26H25ClFN3O6/c1-4-26(36)16-7-20-23-14(9-31(20)24(34)15(16)10-37-25(26)35)22(12(3)29-21(33)5-11(2)32)13-6-17(27)18(28)8-19(13)30-23/h6-8,11-12,32,36H,4-5,9-10H2,1-3H3,(H,29,33)/t11-,12+,26-/m0/s1. The van der Waals surface area contributed by atoms with Crippen molar-refractivity contribution in [3.05, 3.63) is 61.6 Å². The number of hydrogen-bond acceptors (Lipinski definition) is 7. The number of amides is 1. The normalized spacial score (nSPS) is 19.6. The van der Waals surface area contributed by atoms with Gasteiger partial charge in [-0.25, -0.2) is 14.2 Å². The first-order chi connectivity index (χ1) is 17.5. The van der Waals surface area contributed by atoms with E-state index in [1.807, 2.05) is 0 Å². The number of nitrogens with zero attached hydrogens (tertiary/aromatic N) is 2. The molecule has 0 spiro atoms. The second kappa shape index (κ2) is 8.90. The molecule has 1 amide bonds. The van der Waals surface area contributed by atoms with E-state index in [2.05, 4.69) is 10.3 Å². The van der Waals surface area contributed by atoms with Crippen molar-refractivity contribution in [3.8, 4) is 11.4 Å². The van der Waals surface area contributed by atoms with Gasteiger partial charge in [0.15, 0.2) is 5.60 Å². The number of fused-ring (bicyclic) bond motifs is 5. The number of ether oxygens (including phenoxy) is 1. The van der Waals surface area contributed by atoms with E-state index < -0.39 is 35.1 Å². The molecule has 3 N–H and O–H groups in total. The number of aliphatic hydroxyl groups is 2. The topological polar surface area (TPSA) is 131 Å². The largest absolute Gasteiger partial charge is 0.458 e. The maximum absolute atomic E-state index is 14.5. The third-order valence-electron chi connectivity index (χ3n) is 7.06. The van der Waals surface area contributed by atoms with Crippen LogP contribution in [-0.4, -0.2) is 37.7 Å². The Morgan fingerprint density at radius 1 is 1.30 bits per heavy atom. The lowest BCUT2D eigenvalue weighted by Crippen LogP contribution is -2.44. The molecule has 0 radical (unpaired) electrons. The van der Waals surface area contributed by atoms with Crippen LogP contribution in [0.4, 0.5) is 4.39 Å². The van der Waals surface area contributed by atoms with Gasteiger partial charge in [-0.05, 0) is 38.0 Å². The summed E-state index contributed by atoms with van der Waals surface area (Å²) >= 11 is 6.10. The van der Waals surface area contributed by atoms with Crippen LogP contribution >= 0.6 is 11.6 Å². The Balaban J connectivity index is 1.76. The van der Waals surface area contributed by atoms with Gasteiger partial charge in [0.05, 0.1) is 52.6 Å². The van der Waals surface area contributed by atoms with Crippen molar-refractivity contribution in [1.82, 2.24) is 14.9 Å². The number of nitrogens with one attached hydrogen (secondary N) is 1. The molecule has 0 saturated carbocycles. The van der Waals surface area contributed by atoms with Crippen LogP contribution in [0.2, 0.25) is 5.02 Å². The molecule has 3 atom stereocenters. The Labute approximate surface area is 215 Å². The first-order valence-electron chi connectivity index (χ1n) is 11.9. The lowest BCUT2D eigenvalue weighted by molar-refractivity contribution is -0.172. The summed E-state index contributed by atoms with van der Waals surface area (Å²) in [5.74, 6) is -1.90. The molecule has 5 rings (SSSR count). The predicted molar refractivity (Wildman–Crippen MR) is 132 cm³/mol. The fraction of sp³-hybridized carbons (Fsp3) is 0.385. The van der Waals surface area contributed by atoms with E-state index in [0.717, 1.165) is 0 Å². The number of carbonyl (C=O) groups is 2. The average molecular weight is 530 g/mol. The molecule has 1 aromatic carbocycles. The van der Waals surface area contributed by atoms with Gasteiger partial charge in [0.2, 0.25) is 5.91 Å². The summed E-state index contributed by atoms with van der Waals surface area (Å²) in [7, 11) is 0. The van der Waals surface area contributed by atoms with E-state index in [-0.39, 0.29) is 53.6 Å². The van der Waals surface area contributed by atoms with Crippen molar-refractivity contribution in [2.45, 2.75) is 64.5 Å². The van der Waals surface area contributed by atoms with E-state index in [1.54, 1.807) is 19.9 Å². The quantitative estimate of drug-likeness (QED) is 0.339. The molecular weight excluding hydrogens is 505 g/mol. The summed E-state index contributed by atoms with van der Waals surface area (Å²) in [6, 6.07) is 3.58. The molecule has 2 aromatic heterocycles. The highest BCUT2D eigenvalue weighted by molar-refractivity contribution is 6.31. The van der Waals surface area contributed by atoms with Crippen LogP contribution in [0, 0.1) is 5.82 Å². The molecule has 2 aliphatic heterocycles. The number of aromatic nitrogens is 2. The fourth-order valence-corrected chi connectivity index (χ4v) is 5.40. The van der Waals surface area contributed by atoms with Crippen molar-refractivity contribution in [1.29, 1.82) is 0 Å². The van der Waals surface area contributed by atoms with E-state index in [9.17, 15) is 29.0 Å². The summed E-state index contributed by atoms with van der Waals surface area (Å²) < 4.78 is 21.0. The number of esters is 1. The molecule has 9 nitrogen and oxygen atoms in total. The molecule has 0 saturated heterocycles. The summed E-state index contributed by atoms with van der Waals surface area (Å²) in [4.78, 5) is 43.1. The van der Waals surface area contributed by atoms with Crippen LogP contribution in [0.1, 0.15) is 61.9 Å². The van der Waals surface area contributed by atoms with Gasteiger partial charge in [0.1, 0.15) is 12.4 Å². The molecule has 3 aromatic rings. The number of rotatable bonds is 5. The van der Waals surface area contributed by atoms with Crippen LogP contribution in [0.3, 0.4) is 0 Å². The number of cyclic esters (lactones) is 1. The molecule has 37 heavy (non-hydrogen) atoms. The molecule has 4 heterocycles. The number of carbonyl (C=O) groups excluding carboxylic acids is 2. The maximum Gasteiger partial charge on any atom is 0.343 e. The maximum atomic E-state index is 14.5. The highest BCUT2D eigenvalue weighted by Gasteiger charge is 2.45. The molecule has 0 fully saturated rings. The monoisotopic (exact) mass is 529 g/mol. The molecular formula is C26H25ClFN3O6. The molecule has 2 aliphatic rings. The zero-order chi connectivity index (χ0) is 26.8. The minimum absolute atomic E-state index is 0.00103. The van der Waals surface area contributed by atoms with E-state index in [1.165, 1.54) is 23.6 Å². The second-order valence-electron chi connectivity index (χ2n) is 9.58. The Morgan fingerprint density at radius 3 is 2.70 bits per heavy atom. The van der Waals surface area contributed by atoms with Crippen LogP contribution in [0.15, 0.2) is 23.0 Å². The molecule has 0 aliphatic carbocycles. The third kappa shape index (κ3) is 3.91. The first-order valence-corrected chi connectivity index (χ1v) is 12.3. The Hall–Kier alpha value is -3.34. The highest BCUT2D eigenvalue weighted by atomic mass is 35.5. The number of halogens is 2. The highest BCUT2D eigenvalue weighted by Crippen LogP contribution is 2.42. The lowest BCUT2D eigenvalue weighted by atomic mass is 9.86. The number of hydrogen-bond donors (Lipinski definition) is 3. The number of pyridine rings is 2. The second-order valence-corrected chi connectivity index (χ2v) is 9.99. The van der Waals surface area contributed by atoms with Crippen molar-refractivity contribution in [2.75, 3.05) is 0 Å². The zero-order valence-electron chi connectivity index (χ0n) is 20.4. The smallest absolute Gasteiger partial charge is 0.343 e. The Bertz CT molecular complexity index is 1550. The predicted octanol–water partition coefficient (Wildman–Crippen LogP) is 2.82. The van der Waals surface area contributed by atoms with Gasteiger partial charge in [-0.3, -0.25) is 9.59 Å². The number of aliphatic hydroxyl groups excluding tert-OH is 1. The molecule has 0 unspecified atom stereocenters. The first kappa shape index (κ1) is 25.3. The Morgan fingerprint density at radius 2 is 2.03 bits per heavy atom. The van der Waals surface area contributed by atoms with Crippen molar-refractivity contribution in [2.24, 2.45) is 0 Å². The van der Waals surface area contributed by atoms with Crippen LogP contribution in [0.5, 0.6) is 0 Å². The summed E-state index contributed by atoms with van der Waals surface area (Å²) in [6.07, 6.45) is -0.950. The Kier molecular flexibility index (Phi) is 6.09. The van der Waals surface area contributed by atoms with Crippen molar-refractivity contribution < 1.29 is 28.9 Å². The van der Waals surface area contributed by atoms with Gasteiger partial charge in [-0.1, -0.05) is 18.5 Å². The van der Waals surface area contributed by atoms with Crippen LogP contribution in [-0.2, 0) is 33.1 Å². The minimum Gasteiger partial charge on any atom is -0.458 e. The van der Waals surface area contributed by atoms with E-state index in [4.69, 9.17) is 16.3 Å². The van der Waals surface area contributed by atoms with Crippen LogP contribution < -0.4 is 10.9 Å². The van der Waals surface area contributed by atoms with Gasteiger partial charge in [-0.15, -0.1) is 0 Å². The molecule has 194 valence electrons. The van der Waals surface area contributed by atoms with E-state index in [0.29, 0.717) is 27.9 Å². The van der Waals surface area contributed by atoms with Crippen molar-refractivity contribution in [3.63, 3.8) is 0 Å². The SMILES string of the molecule is CC[C@@]1(O)C(=O)OCc2c1cc1n(c2=O)Cc2c-1nc1cc(F)c(Cl)cc1c2[C@@H](C)NC(=O)C[C@H](C)O. The van der Waals surface area contributed by atoms with E-state index >= 15 is 0 Å². The molecule has 11 heteroatoms. The third-order valence-corrected chi connectivity index (χ3v) is 7.35. The molecule has 0 bridgehead atoms. The van der Waals surface area contributed by atoms with Gasteiger partial charge in [0, 0.05) is 22.6 Å². The van der Waals surface area contributed by atoms with Crippen molar-refractivity contribution >= 4 is 34.4 Å². The van der Waals surface area contributed by atoms with Crippen LogP contribution in [0.25, 0.3) is 22.3 Å². The van der Waals surface area contributed by atoms with Gasteiger partial charge in [0.25, 0.3) is 5.56 Å². The lowest BCUT2D eigenvalue weighted by Gasteiger charge is -2.31. The zero-order valence-corrected chi connectivity index (χ0v) is 21.1. The summed E-state index contributed by atoms with van der Waals surface area (Å²) in [5.41, 5.74) is 0.141. The van der Waals surface area contributed by atoms with Gasteiger partial charge in [-0.2, -0.15) is 0 Å². The summed E-state index contributed by atoms with van der Waals surface area (Å²) in [5, 5.41) is 23.9. The van der Waals surface area contributed by atoms with Gasteiger partial charge >= 0.3 is 5.97 Å². The average Bonchev–Trinajstić information content (AvgIpc) is 3.19. The summed E-state index contributed by atoms with van der Waals surface area (Å²) in [6.45, 7) is 4.69. The number of benzene rings is 1.